The number of halogens is 2. The largest absolute Gasteiger partial charge is 0.497 e. The summed E-state index contributed by atoms with van der Waals surface area (Å²) in [6.45, 7) is 0.648. The topological polar surface area (TPSA) is 46.9 Å². The lowest BCUT2D eigenvalue weighted by Crippen LogP contribution is -2.48. The third kappa shape index (κ3) is 4.64. The van der Waals surface area contributed by atoms with Crippen molar-refractivity contribution in [3.05, 3.63) is 59.8 Å². The number of piperazine rings is 1. The lowest BCUT2D eigenvalue weighted by molar-refractivity contribution is -0.0498. The lowest BCUT2D eigenvalue weighted by atomic mass is 10.2. The van der Waals surface area contributed by atoms with Gasteiger partial charge in [-0.25, -0.2) is 0 Å². The highest BCUT2D eigenvalue weighted by molar-refractivity contribution is 5.99. The van der Waals surface area contributed by atoms with Crippen LogP contribution in [0.25, 0.3) is 10.9 Å². The molecule has 164 valence electrons. The first kappa shape index (κ1) is 21.1. The van der Waals surface area contributed by atoms with Crippen LogP contribution >= 0.6 is 0 Å². The molecule has 0 N–H and O–H groups in total. The first-order valence-electron chi connectivity index (χ1n) is 10.1. The fraction of sp³-hybridized carbons (Fsp3) is 0.348. The van der Waals surface area contributed by atoms with Gasteiger partial charge in [0.15, 0.2) is 0 Å². The highest BCUT2D eigenvalue weighted by Crippen LogP contribution is 2.25. The van der Waals surface area contributed by atoms with E-state index in [0.29, 0.717) is 25.3 Å². The van der Waals surface area contributed by atoms with Gasteiger partial charge in [-0.05, 0) is 35.9 Å². The second-order valence-electron chi connectivity index (χ2n) is 7.60. The molecular formula is C23H25F2N3O3. The van der Waals surface area contributed by atoms with E-state index < -0.39 is 6.61 Å². The molecule has 0 aliphatic carbocycles. The Balaban J connectivity index is 1.37. The Kier molecular flexibility index (Phi) is 6.08. The quantitative estimate of drug-likeness (QED) is 0.599. The number of methoxy groups -OCH3 is 1. The van der Waals surface area contributed by atoms with Crippen LogP contribution in [0.1, 0.15) is 16.1 Å². The van der Waals surface area contributed by atoms with Crippen molar-refractivity contribution in [1.29, 1.82) is 0 Å². The van der Waals surface area contributed by atoms with Gasteiger partial charge in [0.1, 0.15) is 17.2 Å². The molecule has 0 spiro atoms. The summed E-state index contributed by atoms with van der Waals surface area (Å²) in [5.74, 6) is 0.933. The molecule has 2 aromatic carbocycles. The summed E-state index contributed by atoms with van der Waals surface area (Å²) in [4.78, 5) is 17.2. The van der Waals surface area contributed by atoms with Gasteiger partial charge in [0.05, 0.1) is 12.6 Å². The molecule has 1 aliphatic rings. The first-order chi connectivity index (χ1) is 14.9. The van der Waals surface area contributed by atoms with Crippen LogP contribution in [0.15, 0.2) is 48.5 Å². The monoisotopic (exact) mass is 429 g/mol. The summed E-state index contributed by atoms with van der Waals surface area (Å²) in [5.41, 5.74) is 2.64. The van der Waals surface area contributed by atoms with Crippen molar-refractivity contribution in [3.8, 4) is 11.5 Å². The van der Waals surface area contributed by atoms with Crippen LogP contribution in [0.2, 0.25) is 0 Å². The number of benzene rings is 2. The number of rotatable bonds is 6. The molecule has 0 radical (unpaired) electrons. The van der Waals surface area contributed by atoms with Crippen LogP contribution in [0.4, 0.5) is 8.78 Å². The first-order valence-corrected chi connectivity index (χ1v) is 10.1. The highest BCUT2D eigenvalue weighted by atomic mass is 19.3. The van der Waals surface area contributed by atoms with Crippen LogP contribution in [0.3, 0.4) is 0 Å². The van der Waals surface area contributed by atoms with Gasteiger partial charge in [-0.1, -0.05) is 12.1 Å². The van der Waals surface area contributed by atoms with E-state index >= 15 is 0 Å². The van der Waals surface area contributed by atoms with Gasteiger partial charge in [0, 0.05) is 51.2 Å². The number of carbonyl (C=O) groups excluding carboxylic acids is 1. The summed E-state index contributed by atoms with van der Waals surface area (Å²) in [6, 6.07) is 14.4. The predicted octanol–water partition coefficient (Wildman–Crippen LogP) is 3.75. The van der Waals surface area contributed by atoms with E-state index in [4.69, 9.17) is 4.74 Å². The Morgan fingerprint density at radius 3 is 2.32 bits per heavy atom. The van der Waals surface area contributed by atoms with Gasteiger partial charge >= 0.3 is 6.61 Å². The van der Waals surface area contributed by atoms with Gasteiger partial charge in [-0.3, -0.25) is 9.69 Å². The zero-order valence-electron chi connectivity index (χ0n) is 17.6. The Hall–Kier alpha value is -3.13. The molecular weight excluding hydrogens is 404 g/mol. The summed E-state index contributed by atoms with van der Waals surface area (Å²) >= 11 is 0. The number of nitrogens with zero attached hydrogens (tertiary/aromatic N) is 3. The van der Waals surface area contributed by atoms with Crippen LogP contribution < -0.4 is 9.47 Å². The van der Waals surface area contributed by atoms with Crippen molar-refractivity contribution < 1.29 is 23.0 Å². The molecule has 31 heavy (non-hydrogen) atoms. The molecule has 8 heteroatoms. The van der Waals surface area contributed by atoms with Crippen LogP contribution in [0, 0.1) is 0 Å². The van der Waals surface area contributed by atoms with E-state index in [1.807, 2.05) is 40.8 Å². The molecule has 1 fully saturated rings. The second-order valence-corrected chi connectivity index (χ2v) is 7.60. The van der Waals surface area contributed by atoms with Crippen LogP contribution in [-0.2, 0) is 13.6 Å². The third-order valence-electron chi connectivity index (χ3n) is 5.69. The summed E-state index contributed by atoms with van der Waals surface area (Å²) < 4.78 is 36.1. The number of aryl methyl sites for hydroxylation is 1. The maximum Gasteiger partial charge on any atom is 0.387 e. The zero-order chi connectivity index (χ0) is 22.0. The van der Waals surface area contributed by atoms with E-state index in [-0.39, 0.29) is 11.7 Å². The van der Waals surface area contributed by atoms with Gasteiger partial charge in [0.25, 0.3) is 5.91 Å². The van der Waals surface area contributed by atoms with Crippen LogP contribution in [0.5, 0.6) is 11.5 Å². The molecule has 1 aliphatic heterocycles. The predicted molar refractivity (Wildman–Crippen MR) is 114 cm³/mol. The molecule has 0 bridgehead atoms. The molecule has 0 atom stereocenters. The molecule has 4 rings (SSSR count). The minimum atomic E-state index is -2.82. The maximum absolute atomic E-state index is 13.1. The molecule has 3 aromatic rings. The Bertz CT molecular complexity index is 1060. The number of ether oxygens (including phenoxy) is 2. The van der Waals surface area contributed by atoms with Gasteiger partial charge in [-0.2, -0.15) is 8.78 Å². The van der Waals surface area contributed by atoms with Gasteiger partial charge < -0.3 is 18.9 Å². The van der Waals surface area contributed by atoms with Crippen molar-refractivity contribution in [2.75, 3.05) is 33.3 Å². The smallest absolute Gasteiger partial charge is 0.387 e. The average Bonchev–Trinajstić information content (AvgIpc) is 3.10. The fourth-order valence-electron chi connectivity index (χ4n) is 3.95. The fourth-order valence-corrected chi connectivity index (χ4v) is 3.95. The Morgan fingerprint density at radius 1 is 1.00 bits per heavy atom. The molecule has 1 saturated heterocycles. The van der Waals surface area contributed by atoms with Crippen molar-refractivity contribution in [2.24, 2.45) is 7.05 Å². The minimum absolute atomic E-state index is 0.0193. The third-order valence-corrected chi connectivity index (χ3v) is 5.69. The average molecular weight is 429 g/mol. The zero-order valence-corrected chi connectivity index (χ0v) is 17.6. The molecule has 6 nitrogen and oxygen atoms in total. The number of hydrogen-bond acceptors (Lipinski definition) is 4. The summed E-state index contributed by atoms with van der Waals surface area (Å²) in [6.07, 6.45) is 0. The maximum atomic E-state index is 13.1. The summed E-state index contributed by atoms with van der Waals surface area (Å²) in [5, 5.41) is 1.00. The number of fused-ring (bicyclic) bond motifs is 1. The second kappa shape index (κ2) is 8.93. The van der Waals surface area contributed by atoms with E-state index in [2.05, 4.69) is 9.64 Å². The molecule has 1 aromatic heterocycles. The molecule has 1 amide bonds. The number of aromatic nitrogens is 1. The van der Waals surface area contributed by atoms with Crippen molar-refractivity contribution in [2.45, 2.75) is 13.2 Å². The highest BCUT2D eigenvalue weighted by Gasteiger charge is 2.24. The standard InChI is InChI=1S/C23H25F2N3O3/c1-26-20-14-19(30-2)8-5-17(20)13-21(26)22(29)28-11-9-27(10-12-28)15-16-3-6-18(7-4-16)31-23(24)25/h3-8,13-14,23H,9-12,15H2,1-2H3. The van der Waals surface area contributed by atoms with E-state index in [0.717, 1.165) is 35.3 Å². The number of amides is 1. The number of alkyl halides is 2. The Labute approximate surface area is 179 Å². The normalized spacial score (nSPS) is 14.9. The van der Waals surface area contributed by atoms with Crippen molar-refractivity contribution in [3.63, 3.8) is 0 Å². The molecule has 0 saturated carbocycles. The molecule has 2 heterocycles. The number of hydrogen-bond donors (Lipinski definition) is 0. The van der Waals surface area contributed by atoms with Gasteiger partial charge in [0.2, 0.25) is 0 Å². The minimum Gasteiger partial charge on any atom is -0.497 e. The summed E-state index contributed by atoms with van der Waals surface area (Å²) in [7, 11) is 3.52. The number of carbonyl (C=O) groups is 1. The lowest BCUT2D eigenvalue weighted by Gasteiger charge is -2.34. The van der Waals surface area contributed by atoms with E-state index in [1.165, 1.54) is 0 Å². The molecule has 0 unspecified atom stereocenters. The van der Waals surface area contributed by atoms with Crippen LogP contribution in [-0.4, -0.2) is 60.2 Å². The SMILES string of the molecule is COc1ccc2cc(C(=O)N3CCN(Cc4ccc(OC(F)F)cc4)CC3)n(C)c2c1. The van der Waals surface area contributed by atoms with E-state index in [1.54, 1.807) is 31.4 Å². The van der Waals surface area contributed by atoms with Gasteiger partial charge in [-0.15, -0.1) is 0 Å². The van der Waals surface area contributed by atoms with Crippen molar-refractivity contribution in [1.82, 2.24) is 14.4 Å². The van der Waals surface area contributed by atoms with Crippen molar-refractivity contribution >= 4 is 16.8 Å². The Morgan fingerprint density at radius 2 is 1.68 bits per heavy atom. The van der Waals surface area contributed by atoms with E-state index in [9.17, 15) is 13.6 Å².